The first kappa shape index (κ1) is 17.2. The maximum absolute atomic E-state index is 11.6. The smallest absolute Gasteiger partial charge is 0.306 e. The van der Waals surface area contributed by atoms with Crippen LogP contribution in [-0.2, 0) is 14.4 Å². The zero-order valence-corrected chi connectivity index (χ0v) is 11.9. The number of carboxylic acids is 1. The lowest BCUT2D eigenvalue weighted by Crippen LogP contribution is -2.19. The van der Waals surface area contributed by atoms with Gasteiger partial charge < -0.3 is 9.90 Å². The molecule has 5 heteroatoms. The summed E-state index contributed by atoms with van der Waals surface area (Å²) in [7, 11) is 0. The van der Waals surface area contributed by atoms with Crippen molar-refractivity contribution in [2.75, 3.05) is 11.5 Å². The summed E-state index contributed by atoms with van der Waals surface area (Å²) < 4.78 is 0. The molecule has 0 aromatic rings. The van der Waals surface area contributed by atoms with Gasteiger partial charge in [0.1, 0.15) is 11.6 Å². The van der Waals surface area contributed by atoms with Crippen molar-refractivity contribution in [3.8, 4) is 0 Å². The Bertz CT molecular complexity index is 289. The van der Waals surface area contributed by atoms with Crippen LogP contribution in [0.4, 0.5) is 0 Å². The first-order valence-corrected chi connectivity index (χ1v) is 7.44. The van der Waals surface area contributed by atoms with Crippen LogP contribution in [-0.4, -0.2) is 34.1 Å². The number of thioether (sulfide) groups is 1. The van der Waals surface area contributed by atoms with Crippen molar-refractivity contribution in [3.05, 3.63) is 0 Å². The van der Waals surface area contributed by atoms with Gasteiger partial charge in [-0.05, 0) is 25.5 Å². The molecule has 1 atom stereocenters. The monoisotopic (exact) mass is 274 g/mol. The summed E-state index contributed by atoms with van der Waals surface area (Å²) >= 11 is 1.71. The van der Waals surface area contributed by atoms with E-state index in [1.807, 2.05) is 0 Å². The van der Waals surface area contributed by atoms with Crippen molar-refractivity contribution >= 4 is 29.3 Å². The van der Waals surface area contributed by atoms with E-state index in [-0.39, 0.29) is 30.8 Å². The lowest BCUT2D eigenvalue weighted by Gasteiger charge is -2.10. The van der Waals surface area contributed by atoms with E-state index in [1.54, 1.807) is 11.8 Å². The molecule has 0 fully saturated rings. The molecule has 0 saturated heterocycles. The van der Waals surface area contributed by atoms with Crippen LogP contribution < -0.4 is 0 Å². The number of carboxylic acid groups (broad SMARTS) is 1. The molecule has 0 aliphatic heterocycles. The van der Waals surface area contributed by atoms with Gasteiger partial charge in [-0.25, -0.2) is 0 Å². The summed E-state index contributed by atoms with van der Waals surface area (Å²) in [5.74, 6) is 0.0382. The minimum Gasteiger partial charge on any atom is -0.481 e. The summed E-state index contributed by atoms with van der Waals surface area (Å²) in [5.41, 5.74) is 0. The van der Waals surface area contributed by atoms with Crippen molar-refractivity contribution in [2.45, 2.75) is 46.0 Å². The van der Waals surface area contributed by atoms with E-state index in [1.165, 1.54) is 6.92 Å². The maximum atomic E-state index is 11.6. The lowest BCUT2D eigenvalue weighted by atomic mass is 9.95. The van der Waals surface area contributed by atoms with Crippen molar-refractivity contribution < 1.29 is 19.5 Å². The second-order valence-corrected chi connectivity index (χ2v) is 5.61. The van der Waals surface area contributed by atoms with Crippen LogP contribution in [0.1, 0.15) is 46.0 Å². The number of aliphatic carboxylic acids is 1. The molecule has 0 saturated carbocycles. The molecular weight excluding hydrogens is 252 g/mol. The molecule has 0 spiro atoms. The zero-order chi connectivity index (χ0) is 14.0. The Labute approximate surface area is 113 Å². The van der Waals surface area contributed by atoms with Crippen molar-refractivity contribution in [1.82, 2.24) is 0 Å². The normalized spacial score (nSPS) is 12.1. The molecule has 0 amide bonds. The van der Waals surface area contributed by atoms with Crippen LogP contribution in [0.15, 0.2) is 0 Å². The predicted molar refractivity (Wildman–Crippen MR) is 72.9 cm³/mol. The molecule has 104 valence electrons. The summed E-state index contributed by atoms with van der Waals surface area (Å²) in [5, 5.41) is 8.98. The number of carbonyl (C=O) groups excluding carboxylic acids is 2. The highest BCUT2D eigenvalue weighted by atomic mass is 32.2. The van der Waals surface area contributed by atoms with E-state index in [9.17, 15) is 14.4 Å². The number of ketones is 2. The molecular formula is C13H22O4S. The molecule has 0 bridgehead atoms. The van der Waals surface area contributed by atoms with Crippen LogP contribution in [0.5, 0.6) is 0 Å². The van der Waals surface area contributed by atoms with Crippen molar-refractivity contribution in [3.63, 3.8) is 0 Å². The number of Topliss-reactive ketones (excluding diaryl/α,β-unsaturated/α-hetero) is 2. The fourth-order valence-corrected chi connectivity index (χ4v) is 2.36. The molecule has 1 N–H and O–H groups in total. The largest absolute Gasteiger partial charge is 0.481 e. The molecule has 0 aliphatic carbocycles. The third-order valence-electron chi connectivity index (χ3n) is 2.54. The van der Waals surface area contributed by atoms with E-state index in [4.69, 9.17) is 5.11 Å². The third-order valence-corrected chi connectivity index (χ3v) is 3.73. The van der Waals surface area contributed by atoms with Gasteiger partial charge in [0.15, 0.2) is 0 Å². The summed E-state index contributed by atoms with van der Waals surface area (Å²) in [6, 6.07) is 0. The van der Waals surface area contributed by atoms with Gasteiger partial charge in [0.05, 0.1) is 5.92 Å². The molecule has 0 heterocycles. The summed E-state index contributed by atoms with van der Waals surface area (Å²) in [6.07, 6.45) is 2.05. The van der Waals surface area contributed by atoms with E-state index in [0.29, 0.717) is 6.42 Å². The standard InChI is InChI=1S/C13H22O4S/c1-3-7-18-8-6-12(15)9-11(13(16)17)5-4-10(2)14/h11H,3-9H2,1-2H3,(H,16,17). The molecule has 1 unspecified atom stereocenters. The minimum absolute atomic E-state index is 0.0189. The Hall–Kier alpha value is -0.840. The molecule has 0 rings (SSSR count). The Morgan fingerprint density at radius 3 is 2.33 bits per heavy atom. The molecule has 0 aliphatic rings. The van der Waals surface area contributed by atoms with Gasteiger partial charge in [-0.3, -0.25) is 9.59 Å². The second kappa shape index (κ2) is 10.1. The Kier molecular flexibility index (Phi) is 9.64. The molecule has 0 aromatic heterocycles. The SMILES string of the molecule is CCCSCCC(=O)CC(CCC(C)=O)C(=O)O. The van der Waals surface area contributed by atoms with Gasteiger partial charge >= 0.3 is 5.97 Å². The highest BCUT2D eigenvalue weighted by Crippen LogP contribution is 2.15. The fraction of sp³-hybridized carbons (Fsp3) is 0.769. The second-order valence-electron chi connectivity index (χ2n) is 4.38. The van der Waals surface area contributed by atoms with Crippen LogP contribution in [0.25, 0.3) is 0 Å². The quantitative estimate of drug-likeness (QED) is 0.586. The number of rotatable bonds is 11. The van der Waals surface area contributed by atoms with Crippen LogP contribution in [0.2, 0.25) is 0 Å². The highest BCUT2D eigenvalue weighted by Gasteiger charge is 2.21. The number of hydrogen-bond acceptors (Lipinski definition) is 4. The summed E-state index contributed by atoms with van der Waals surface area (Å²) in [4.78, 5) is 33.4. The third kappa shape index (κ3) is 9.22. The van der Waals surface area contributed by atoms with E-state index in [0.717, 1.165) is 17.9 Å². The van der Waals surface area contributed by atoms with Gasteiger partial charge in [-0.1, -0.05) is 6.92 Å². The van der Waals surface area contributed by atoms with Crippen molar-refractivity contribution in [2.24, 2.45) is 5.92 Å². The van der Waals surface area contributed by atoms with Gasteiger partial charge in [0.2, 0.25) is 0 Å². The first-order valence-electron chi connectivity index (χ1n) is 6.29. The first-order chi connectivity index (χ1) is 8.47. The molecule has 0 aromatic carbocycles. The van der Waals surface area contributed by atoms with Gasteiger partial charge in [-0.15, -0.1) is 0 Å². The Balaban J connectivity index is 3.96. The minimum atomic E-state index is -0.981. The number of carbonyl (C=O) groups is 3. The van der Waals surface area contributed by atoms with Crippen molar-refractivity contribution in [1.29, 1.82) is 0 Å². The average molecular weight is 274 g/mol. The molecule has 18 heavy (non-hydrogen) atoms. The Morgan fingerprint density at radius 2 is 1.83 bits per heavy atom. The average Bonchev–Trinajstić information content (AvgIpc) is 2.29. The van der Waals surface area contributed by atoms with E-state index in [2.05, 4.69) is 6.92 Å². The van der Waals surface area contributed by atoms with Gasteiger partial charge in [0.25, 0.3) is 0 Å². The van der Waals surface area contributed by atoms with Crippen LogP contribution in [0.3, 0.4) is 0 Å². The maximum Gasteiger partial charge on any atom is 0.306 e. The molecule has 4 nitrogen and oxygen atoms in total. The molecule has 0 radical (unpaired) electrons. The van der Waals surface area contributed by atoms with Gasteiger partial charge in [0, 0.05) is 25.0 Å². The Morgan fingerprint density at radius 1 is 1.17 bits per heavy atom. The topological polar surface area (TPSA) is 71.4 Å². The summed E-state index contributed by atoms with van der Waals surface area (Å²) in [6.45, 7) is 3.51. The van der Waals surface area contributed by atoms with E-state index < -0.39 is 11.9 Å². The fourth-order valence-electron chi connectivity index (χ4n) is 1.50. The predicted octanol–water partition coefficient (Wildman–Crippen LogP) is 2.55. The lowest BCUT2D eigenvalue weighted by molar-refractivity contribution is -0.144. The van der Waals surface area contributed by atoms with Crippen LogP contribution in [0, 0.1) is 5.92 Å². The van der Waals surface area contributed by atoms with Gasteiger partial charge in [-0.2, -0.15) is 11.8 Å². The zero-order valence-electron chi connectivity index (χ0n) is 11.1. The highest BCUT2D eigenvalue weighted by molar-refractivity contribution is 7.99. The van der Waals surface area contributed by atoms with E-state index >= 15 is 0 Å². The number of hydrogen-bond donors (Lipinski definition) is 1. The van der Waals surface area contributed by atoms with Crippen LogP contribution >= 0.6 is 11.8 Å².